The van der Waals surface area contributed by atoms with Gasteiger partial charge in [-0.1, -0.05) is 18.2 Å². The third kappa shape index (κ3) is 4.23. The normalized spacial score (nSPS) is 13.2. The lowest BCUT2D eigenvalue weighted by Crippen LogP contribution is -2.53. The van der Waals surface area contributed by atoms with Gasteiger partial charge in [-0.2, -0.15) is 13.2 Å². The Morgan fingerprint density at radius 1 is 1.12 bits per heavy atom. The van der Waals surface area contributed by atoms with Gasteiger partial charge in [0.05, 0.1) is 32.7 Å². The smallest absolute Gasteiger partial charge is 0.422 e. The van der Waals surface area contributed by atoms with Gasteiger partial charge in [-0.15, -0.1) is 11.3 Å². The lowest BCUT2D eigenvalue weighted by Gasteiger charge is -2.38. The third-order valence-electron chi connectivity index (χ3n) is 4.19. The van der Waals surface area contributed by atoms with E-state index < -0.39 is 30.1 Å². The standard InChI is InChI=1S/C16H19BF3NO3S/c1-14(2,22)15(3,4)24-17(23)13-12(21-9-25-13)10-7-5-6-8-11(10)16(18,19)20/h5-9,22-23H,1-4H3. The summed E-state index contributed by atoms with van der Waals surface area (Å²) in [6.07, 6.45) is -4.55. The summed E-state index contributed by atoms with van der Waals surface area (Å²) in [5.41, 5.74) is -2.02. The molecule has 0 saturated carbocycles. The Morgan fingerprint density at radius 2 is 1.72 bits per heavy atom. The molecule has 2 aromatic rings. The van der Waals surface area contributed by atoms with E-state index in [0.29, 0.717) is 0 Å². The van der Waals surface area contributed by atoms with E-state index in [1.54, 1.807) is 13.8 Å². The quantitative estimate of drug-likeness (QED) is 0.791. The Morgan fingerprint density at radius 3 is 2.28 bits per heavy atom. The summed E-state index contributed by atoms with van der Waals surface area (Å²) in [5.74, 6) is 0. The zero-order chi connectivity index (χ0) is 19.0. The molecule has 0 unspecified atom stereocenters. The average Bonchev–Trinajstić information content (AvgIpc) is 2.94. The predicted molar refractivity (Wildman–Crippen MR) is 91.6 cm³/mol. The first-order valence-electron chi connectivity index (χ1n) is 7.53. The van der Waals surface area contributed by atoms with Gasteiger partial charge >= 0.3 is 13.3 Å². The second-order valence-electron chi connectivity index (χ2n) is 6.65. The van der Waals surface area contributed by atoms with Crippen LogP contribution in [0.15, 0.2) is 29.8 Å². The Balaban J connectivity index is 2.43. The van der Waals surface area contributed by atoms with Gasteiger partial charge in [0.2, 0.25) is 0 Å². The molecule has 0 aliphatic rings. The van der Waals surface area contributed by atoms with Crippen molar-refractivity contribution in [1.82, 2.24) is 4.98 Å². The van der Waals surface area contributed by atoms with Gasteiger partial charge in [0, 0.05) is 5.56 Å². The molecule has 0 bridgehead atoms. The first-order valence-corrected chi connectivity index (χ1v) is 8.41. The minimum absolute atomic E-state index is 0.0111. The molecule has 0 fully saturated rings. The zero-order valence-electron chi connectivity index (χ0n) is 14.3. The molecule has 1 heterocycles. The molecule has 9 heteroatoms. The van der Waals surface area contributed by atoms with Crippen LogP contribution in [0.1, 0.15) is 33.3 Å². The summed E-state index contributed by atoms with van der Waals surface area (Å²) in [6, 6.07) is 5.03. The van der Waals surface area contributed by atoms with Gasteiger partial charge in [-0.05, 0) is 33.8 Å². The van der Waals surface area contributed by atoms with Crippen molar-refractivity contribution < 1.29 is 28.0 Å². The van der Waals surface area contributed by atoms with Crippen LogP contribution in [0.25, 0.3) is 11.3 Å². The highest BCUT2D eigenvalue weighted by Gasteiger charge is 2.41. The first kappa shape index (κ1) is 19.9. The molecule has 0 radical (unpaired) electrons. The summed E-state index contributed by atoms with van der Waals surface area (Å²) in [4.78, 5) is 3.99. The highest BCUT2D eigenvalue weighted by molar-refractivity contribution is 7.21. The summed E-state index contributed by atoms with van der Waals surface area (Å²) >= 11 is 0.988. The van der Waals surface area contributed by atoms with E-state index >= 15 is 0 Å². The molecule has 25 heavy (non-hydrogen) atoms. The molecular weight excluding hydrogens is 354 g/mol. The third-order valence-corrected chi connectivity index (χ3v) is 5.05. The molecule has 0 aliphatic heterocycles. The van der Waals surface area contributed by atoms with E-state index in [1.165, 1.54) is 37.6 Å². The number of halogens is 3. The number of alkyl halides is 3. The molecule has 0 saturated heterocycles. The Kier molecular flexibility index (Phi) is 5.35. The van der Waals surface area contributed by atoms with E-state index in [-0.39, 0.29) is 16.0 Å². The number of benzene rings is 1. The maximum absolute atomic E-state index is 13.2. The fourth-order valence-electron chi connectivity index (χ4n) is 2.05. The number of nitrogens with zero attached hydrogens (tertiary/aromatic N) is 1. The van der Waals surface area contributed by atoms with Crippen molar-refractivity contribution in [2.45, 2.75) is 45.1 Å². The summed E-state index contributed by atoms with van der Waals surface area (Å²) in [5, 5.41) is 20.5. The average molecular weight is 373 g/mol. The van der Waals surface area contributed by atoms with E-state index in [4.69, 9.17) is 4.65 Å². The fraction of sp³-hybridized carbons (Fsp3) is 0.438. The maximum Gasteiger partial charge on any atom is 0.504 e. The molecule has 1 aromatic heterocycles. The van der Waals surface area contributed by atoms with Crippen LogP contribution in [0.4, 0.5) is 13.2 Å². The summed E-state index contributed by atoms with van der Waals surface area (Å²) < 4.78 is 45.4. The van der Waals surface area contributed by atoms with E-state index in [2.05, 4.69) is 4.98 Å². The molecule has 0 aliphatic carbocycles. The van der Waals surface area contributed by atoms with Gasteiger partial charge in [0.1, 0.15) is 0 Å². The number of thiazole rings is 1. The molecular formula is C16H19BF3NO3S. The molecule has 4 nitrogen and oxygen atoms in total. The van der Waals surface area contributed by atoms with Crippen LogP contribution in [-0.2, 0) is 10.8 Å². The second-order valence-corrected chi connectivity index (χ2v) is 7.53. The van der Waals surface area contributed by atoms with Crippen molar-refractivity contribution in [3.63, 3.8) is 0 Å². The fourth-order valence-corrected chi connectivity index (χ4v) is 2.76. The van der Waals surface area contributed by atoms with Crippen molar-refractivity contribution >= 4 is 23.2 Å². The number of hydrogen-bond donors (Lipinski definition) is 2. The number of aromatic nitrogens is 1. The molecule has 2 N–H and O–H groups in total. The van der Waals surface area contributed by atoms with Gasteiger partial charge in [-0.3, -0.25) is 0 Å². The van der Waals surface area contributed by atoms with Crippen molar-refractivity contribution in [2.24, 2.45) is 0 Å². The van der Waals surface area contributed by atoms with Crippen LogP contribution in [0, 0.1) is 0 Å². The Bertz CT molecular complexity index is 741. The van der Waals surface area contributed by atoms with Crippen molar-refractivity contribution in [3.8, 4) is 11.3 Å². The summed E-state index contributed by atoms with van der Waals surface area (Å²) in [7, 11) is -1.52. The topological polar surface area (TPSA) is 62.6 Å². The number of hydrogen-bond acceptors (Lipinski definition) is 5. The minimum atomic E-state index is -4.55. The minimum Gasteiger partial charge on any atom is -0.422 e. The molecule has 136 valence electrons. The zero-order valence-corrected chi connectivity index (χ0v) is 15.1. The van der Waals surface area contributed by atoms with Gasteiger partial charge in [0.25, 0.3) is 0 Å². The van der Waals surface area contributed by atoms with E-state index in [9.17, 15) is 23.3 Å². The highest BCUT2D eigenvalue weighted by Crippen LogP contribution is 2.36. The van der Waals surface area contributed by atoms with Gasteiger partial charge in [0.15, 0.2) is 0 Å². The summed E-state index contributed by atoms with van der Waals surface area (Å²) in [6.45, 7) is 6.21. The Labute approximate surface area is 148 Å². The maximum atomic E-state index is 13.2. The van der Waals surface area contributed by atoms with E-state index in [1.807, 2.05) is 0 Å². The van der Waals surface area contributed by atoms with Crippen molar-refractivity contribution in [1.29, 1.82) is 0 Å². The number of aliphatic hydroxyl groups is 1. The SMILES string of the molecule is CC(C)(O)C(C)(C)OB(O)c1scnc1-c1ccccc1C(F)(F)F. The lowest BCUT2D eigenvalue weighted by atomic mass is 9.80. The van der Waals surface area contributed by atoms with Crippen LogP contribution in [-0.4, -0.2) is 33.4 Å². The first-order chi connectivity index (χ1) is 11.3. The number of rotatable bonds is 5. The predicted octanol–water partition coefficient (Wildman–Crippen LogP) is 3.08. The van der Waals surface area contributed by atoms with Crippen molar-refractivity contribution in [3.05, 3.63) is 35.3 Å². The molecule has 2 rings (SSSR count). The second kappa shape index (κ2) is 6.72. The van der Waals surface area contributed by atoms with Gasteiger partial charge < -0.3 is 14.8 Å². The Hall–Kier alpha value is -1.42. The lowest BCUT2D eigenvalue weighted by molar-refractivity contribution is -0.137. The van der Waals surface area contributed by atoms with E-state index in [0.717, 1.165) is 17.4 Å². The van der Waals surface area contributed by atoms with Crippen LogP contribution in [0.2, 0.25) is 0 Å². The largest absolute Gasteiger partial charge is 0.504 e. The van der Waals surface area contributed by atoms with Crippen LogP contribution < -0.4 is 4.78 Å². The van der Waals surface area contributed by atoms with Gasteiger partial charge in [-0.25, -0.2) is 4.98 Å². The monoisotopic (exact) mass is 373 g/mol. The van der Waals surface area contributed by atoms with Crippen LogP contribution in [0.5, 0.6) is 0 Å². The molecule has 1 aromatic carbocycles. The van der Waals surface area contributed by atoms with Crippen molar-refractivity contribution in [2.75, 3.05) is 0 Å². The highest BCUT2D eigenvalue weighted by atomic mass is 32.1. The van der Waals surface area contributed by atoms with Crippen LogP contribution >= 0.6 is 11.3 Å². The molecule has 0 spiro atoms. The molecule has 0 atom stereocenters. The van der Waals surface area contributed by atoms with Crippen LogP contribution in [0.3, 0.4) is 0 Å². The molecule has 0 amide bonds.